The number of hydrogen-bond acceptors (Lipinski definition) is 11. The van der Waals surface area contributed by atoms with Crippen molar-refractivity contribution < 1.29 is 56.2 Å². The smallest absolute Gasteiger partial charge is 0.397 e. The summed E-state index contributed by atoms with van der Waals surface area (Å²) >= 11 is 0. The Hall–Kier alpha value is -2.72. The fourth-order valence-electron chi connectivity index (χ4n) is 7.59. The molecule has 1 rings (SSSR count). The molecule has 6 atom stereocenters. The largest absolute Gasteiger partial charge is 0.457 e. The van der Waals surface area contributed by atoms with E-state index in [2.05, 4.69) is 103 Å². The van der Waals surface area contributed by atoms with Crippen LogP contribution >= 0.6 is 0 Å². The van der Waals surface area contributed by atoms with Crippen LogP contribution in [0, 0.1) is 0 Å². The van der Waals surface area contributed by atoms with Crippen LogP contribution < -0.4 is 0 Å². The van der Waals surface area contributed by atoms with Crippen LogP contribution in [0.3, 0.4) is 0 Å². The number of esters is 1. The zero-order valence-corrected chi connectivity index (χ0v) is 43.0. The van der Waals surface area contributed by atoms with Crippen molar-refractivity contribution in [3.05, 3.63) is 85.1 Å². The summed E-state index contributed by atoms with van der Waals surface area (Å²) in [7, 11) is -5.07. The lowest BCUT2D eigenvalue weighted by molar-refractivity contribution is -0.301. The van der Waals surface area contributed by atoms with Gasteiger partial charge < -0.3 is 34.3 Å². The number of hydrogen-bond donors (Lipinski definition) is 4. The van der Waals surface area contributed by atoms with Crippen molar-refractivity contribution in [1.82, 2.24) is 0 Å². The van der Waals surface area contributed by atoms with Crippen molar-refractivity contribution in [3.63, 3.8) is 0 Å². The molecule has 0 bridgehead atoms. The molecule has 0 aromatic rings. The van der Waals surface area contributed by atoms with Crippen LogP contribution in [-0.2, 0) is 38.3 Å². The highest BCUT2D eigenvalue weighted by molar-refractivity contribution is 7.80. The van der Waals surface area contributed by atoms with Gasteiger partial charge in [0.2, 0.25) is 0 Å². The van der Waals surface area contributed by atoms with E-state index in [0.29, 0.717) is 13.0 Å². The minimum absolute atomic E-state index is 0.0197. The van der Waals surface area contributed by atoms with Crippen molar-refractivity contribution in [2.75, 3.05) is 26.4 Å². The van der Waals surface area contributed by atoms with Gasteiger partial charge in [-0.05, 0) is 70.6 Å². The van der Waals surface area contributed by atoms with E-state index in [1.54, 1.807) is 0 Å². The van der Waals surface area contributed by atoms with E-state index >= 15 is 0 Å². The van der Waals surface area contributed by atoms with Gasteiger partial charge in [0, 0.05) is 13.0 Å². The first-order valence-corrected chi connectivity index (χ1v) is 27.7. The third-order valence-electron chi connectivity index (χ3n) is 11.5. The molecule has 0 spiro atoms. The second kappa shape index (κ2) is 45.4. The second-order valence-electron chi connectivity index (χ2n) is 17.7. The van der Waals surface area contributed by atoms with Crippen LogP contribution in [0.25, 0.3) is 0 Å². The standard InChI is InChI=1S/C55H94O12S/c1-3-5-7-9-11-13-15-17-19-21-22-23-24-25-26-27-28-29-30-32-34-36-38-40-42-44-51(57)65-49(48-64-55-53(59)54(67-68(60,61)62)52(58)50(46-56)66-55)47-63-45-43-41-39-37-35-33-31-20-18-16-14-12-10-8-6-4-2/h5,7,11,13,17,19,22-23,25-26,28-29,32,34,49-50,52-56,58-59H,3-4,6,8-10,12,14-16,18,20-21,24,27,30-31,33,35-48H2,1-2H3,(H,60,61,62)/b7-5-,13-11-,19-17-,23-22-,26-25-,29-28-,34-32-. The molecular formula is C55H94O12S. The van der Waals surface area contributed by atoms with Crippen LogP contribution in [-0.4, -0.2) is 97.5 Å². The number of carbonyl (C=O) groups excluding carboxylic acids is 1. The molecule has 0 saturated carbocycles. The van der Waals surface area contributed by atoms with E-state index < -0.39 is 59.8 Å². The lowest BCUT2D eigenvalue weighted by Crippen LogP contribution is -2.60. The maximum Gasteiger partial charge on any atom is 0.397 e. The van der Waals surface area contributed by atoms with Gasteiger partial charge in [0.1, 0.15) is 30.5 Å². The third-order valence-corrected chi connectivity index (χ3v) is 12.0. The van der Waals surface area contributed by atoms with Gasteiger partial charge in [-0.25, -0.2) is 4.18 Å². The van der Waals surface area contributed by atoms with Gasteiger partial charge in [0.05, 0.1) is 19.8 Å². The number of unbranched alkanes of at least 4 members (excludes halogenated alkanes) is 18. The molecule has 0 aromatic carbocycles. The summed E-state index contributed by atoms with van der Waals surface area (Å²) in [6.07, 6.45) is 51.8. The molecule has 0 aromatic heterocycles. The van der Waals surface area contributed by atoms with Crippen LogP contribution in [0.2, 0.25) is 0 Å². The lowest BCUT2D eigenvalue weighted by Gasteiger charge is -2.41. The number of aliphatic hydroxyl groups excluding tert-OH is 3. The van der Waals surface area contributed by atoms with Crippen molar-refractivity contribution >= 4 is 16.4 Å². The van der Waals surface area contributed by atoms with E-state index in [1.165, 1.54) is 83.5 Å². The molecule has 1 fully saturated rings. The second-order valence-corrected chi connectivity index (χ2v) is 18.8. The fraction of sp³-hybridized carbons (Fsp3) is 0.727. The molecular weight excluding hydrogens is 885 g/mol. The molecule has 392 valence electrons. The fourth-order valence-corrected chi connectivity index (χ4v) is 8.10. The Morgan fingerprint density at radius 2 is 1.01 bits per heavy atom. The Bertz CT molecular complexity index is 1500. The number of allylic oxidation sites excluding steroid dienone is 14. The van der Waals surface area contributed by atoms with Gasteiger partial charge in [0.15, 0.2) is 6.29 Å². The predicted molar refractivity (Wildman–Crippen MR) is 275 cm³/mol. The SMILES string of the molecule is CC/C=C\C/C=C\C/C=C\C/C=C\C/C=C\C/C=C\C/C=C\CCCCCC(=O)OC(COCCCCCCCCCCCCCCCCCC)COC1OC(CO)C(O)C(OS(=O)(=O)O)C1O. The minimum Gasteiger partial charge on any atom is -0.457 e. The predicted octanol–water partition coefficient (Wildman–Crippen LogP) is 12.4. The highest BCUT2D eigenvalue weighted by Crippen LogP contribution is 2.26. The number of aliphatic hydroxyl groups is 3. The maximum absolute atomic E-state index is 12.9. The summed E-state index contributed by atoms with van der Waals surface area (Å²) in [5.74, 6) is -0.431. The Balaban J connectivity index is 2.39. The van der Waals surface area contributed by atoms with E-state index in [4.69, 9.17) is 18.9 Å². The Morgan fingerprint density at radius 3 is 1.47 bits per heavy atom. The molecule has 68 heavy (non-hydrogen) atoms. The molecule has 1 saturated heterocycles. The quantitative estimate of drug-likeness (QED) is 0.0197. The number of rotatable bonds is 45. The average Bonchev–Trinajstić information content (AvgIpc) is 3.31. The van der Waals surface area contributed by atoms with Gasteiger partial charge in [-0.2, -0.15) is 8.42 Å². The zero-order valence-electron chi connectivity index (χ0n) is 42.1. The summed E-state index contributed by atoms with van der Waals surface area (Å²) in [5.41, 5.74) is 0. The average molecular weight is 979 g/mol. The molecule has 13 heteroatoms. The van der Waals surface area contributed by atoms with Crippen LogP contribution in [0.4, 0.5) is 0 Å². The van der Waals surface area contributed by atoms with E-state index in [9.17, 15) is 33.1 Å². The monoisotopic (exact) mass is 979 g/mol. The molecule has 1 heterocycles. The maximum atomic E-state index is 12.9. The molecule has 0 amide bonds. The van der Waals surface area contributed by atoms with E-state index in [0.717, 1.165) is 83.5 Å². The van der Waals surface area contributed by atoms with Crippen molar-refractivity contribution in [1.29, 1.82) is 0 Å². The van der Waals surface area contributed by atoms with E-state index in [1.807, 2.05) is 0 Å². The highest BCUT2D eigenvalue weighted by atomic mass is 32.3. The molecule has 0 aliphatic carbocycles. The van der Waals surface area contributed by atoms with E-state index in [-0.39, 0.29) is 19.6 Å². The van der Waals surface area contributed by atoms with Gasteiger partial charge in [-0.15, -0.1) is 0 Å². The highest BCUT2D eigenvalue weighted by Gasteiger charge is 2.48. The van der Waals surface area contributed by atoms with Crippen molar-refractivity contribution in [2.45, 2.75) is 230 Å². The minimum atomic E-state index is -5.07. The molecule has 1 aliphatic rings. The van der Waals surface area contributed by atoms with Crippen LogP contribution in [0.5, 0.6) is 0 Å². The lowest BCUT2D eigenvalue weighted by atomic mass is 9.99. The van der Waals surface area contributed by atoms with Gasteiger partial charge in [-0.1, -0.05) is 202 Å². The Kier molecular flexibility index (Phi) is 42.3. The molecule has 6 unspecified atom stereocenters. The van der Waals surface area contributed by atoms with Crippen LogP contribution in [0.15, 0.2) is 85.1 Å². The molecule has 4 N–H and O–H groups in total. The number of ether oxygens (including phenoxy) is 4. The molecule has 1 aliphatic heterocycles. The Morgan fingerprint density at radius 1 is 0.574 bits per heavy atom. The summed E-state index contributed by atoms with van der Waals surface area (Å²) < 4.78 is 59.2. The number of carbonyl (C=O) groups is 1. The summed E-state index contributed by atoms with van der Waals surface area (Å²) in [4.78, 5) is 12.9. The normalized spacial score (nSPS) is 20.0. The van der Waals surface area contributed by atoms with Crippen molar-refractivity contribution in [2.24, 2.45) is 0 Å². The summed E-state index contributed by atoms with van der Waals surface area (Å²) in [6.45, 7) is 3.85. The first-order valence-electron chi connectivity index (χ1n) is 26.3. The van der Waals surface area contributed by atoms with Gasteiger partial charge >= 0.3 is 16.4 Å². The van der Waals surface area contributed by atoms with Gasteiger partial charge in [0.25, 0.3) is 0 Å². The first kappa shape index (κ1) is 63.3. The van der Waals surface area contributed by atoms with Crippen LogP contribution in [0.1, 0.15) is 194 Å². The first-order chi connectivity index (χ1) is 33.1. The molecule has 12 nitrogen and oxygen atoms in total. The summed E-state index contributed by atoms with van der Waals surface area (Å²) in [5, 5.41) is 30.8. The third kappa shape index (κ3) is 38.1. The van der Waals surface area contributed by atoms with Gasteiger partial charge in [-0.3, -0.25) is 9.35 Å². The zero-order chi connectivity index (χ0) is 49.6. The summed E-state index contributed by atoms with van der Waals surface area (Å²) in [6, 6.07) is 0. The molecule has 0 radical (unpaired) electrons. The van der Waals surface area contributed by atoms with Crippen molar-refractivity contribution in [3.8, 4) is 0 Å². The topological polar surface area (TPSA) is 178 Å². The Labute approximate surface area is 413 Å².